The Morgan fingerprint density at radius 1 is 1.21 bits per heavy atom. The van der Waals surface area contributed by atoms with Crippen LogP contribution in [0.2, 0.25) is 5.02 Å². The molecule has 0 aliphatic rings. The molecular weight excluding hydrogens is 261 g/mol. The van der Waals surface area contributed by atoms with Crippen LogP contribution in [-0.2, 0) is 13.0 Å². The molecule has 100 valence electrons. The first-order chi connectivity index (χ1) is 9.11. The predicted octanol–water partition coefficient (Wildman–Crippen LogP) is 4.96. The summed E-state index contributed by atoms with van der Waals surface area (Å²) in [5.41, 5.74) is 4.63. The number of rotatable bonds is 4. The number of aryl methyl sites for hydroxylation is 2. The van der Waals surface area contributed by atoms with Crippen molar-refractivity contribution in [1.82, 2.24) is 0 Å². The van der Waals surface area contributed by atoms with Crippen molar-refractivity contribution in [2.24, 2.45) is 0 Å². The van der Waals surface area contributed by atoms with Gasteiger partial charge in [-0.05, 0) is 42.2 Å². The number of hydrogen-bond donors (Lipinski definition) is 1. The third-order valence-electron chi connectivity index (χ3n) is 3.19. The molecule has 0 saturated heterocycles. The van der Waals surface area contributed by atoms with Crippen LogP contribution >= 0.6 is 11.6 Å². The minimum absolute atomic E-state index is 0.166. The van der Waals surface area contributed by atoms with E-state index in [0.29, 0.717) is 6.54 Å². The number of hydrogen-bond acceptors (Lipinski definition) is 1. The molecule has 2 aromatic carbocycles. The highest BCUT2D eigenvalue weighted by Gasteiger charge is 2.05. The van der Waals surface area contributed by atoms with E-state index in [4.69, 9.17) is 11.6 Å². The molecule has 19 heavy (non-hydrogen) atoms. The molecule has 0 aliphatic heterocycles. The summed E-state index contributed by atoms with van der Waals surface area (Å²) < 4.78 is 13.1. The highest BCUT2D eigenvalue weighted by atomic mass is 35.5. The Hall–Kier alpha value is -1.54. The molecule has 0 aliphatic carbocycles. The molecule has 0 saturated carbocycles. The zero-order valence-corrected chi connectivity index (χ0v) is 11.9. The largest absolute Gasteiger partial charge is 0.381 e. The topological polar surface area (TPSA) is 12.0 Å². The van der Waals surface area contributed by atoms with E-state index in [1.165, 1.54) is 17.2 Å². The molecule has 0 heterocycles. The second-order valence-corrected chi connectivity index (χ2v) is 4.97. The number of halogens is 2. The zero-order valence-electron chi connectivity index (χ0n) is 11.1. The molecule has 1 nitrogen and oxygen atoms in total. The van der Waals surface area contributed by atoms with Crippen LogP contribution in [0.5, 0.6) is 0 Å². The maximum atomic E-state index is 13.1. The van der Waals surface area contributed by atoms with E-state index in [2.05, 4.69) is 37.4 Å². The molecule has 2 aromatic rings. The third-order valence-corrected chi connectivity index (χ3v) is 3.48. The van der Waals surface area contributed by atoms with Crippen LogP contribution < -0.4 is 5.32 Å². The second kappa shape index (κ2) is 6.07. The fourth-order valence-corrected chi connectivity index (χ4v) is 2.32. The first kappa shape index (κ1) is 13.9. The molecule has 0 atom stereocenters. The van der Waals surface area contributed by atoms with Crippen molar-refractivity contribution in [2.45, 2.75) is 26.8 Å². The summed E-state index contributed by atoms with van der Waals surface area (Å²) in [6.07, 6.45) is 0.980. The molecule has 1 N–H and O–H groups in total. The molecule has 0 spiro atoms. The maximum Gasteiger partial charge on any atom is 0.141 e. The van der Waals surface area contributed by atoms with E-state index in [0.717, 1.165) is 17.7 Å². The molecule has 3 heteroatoms. The van der Waals surface area contributed by atoms with Crippen molar-refractivity contribution in [3.8, 4) is 0 Å². The molecule has 0 amide bonds. The van der Waals surface area contributed by atoms with E-state index >= 15 is 0 Å². The van der Waals surface area contributed by atoms with Crippen LogP contribution in [0.1, 0.15) is 23.6 Å². The summed E-state index contributed by atoms with van der Waals surface area (Å²) in [6, 6.07) is 11.1. The van der Waals surface area contributed by atoms with Crippen molar-refractivity contribution in [3.63, 3.8) is 0 Å². The van der Waals surface area contributed by atoms with Crippen molar-refractivity contribution in [2.75, 3.05) is 5.32 Å². The summed E-state index contributed by atoms with van der Waals surface area (Å²) in [6.45, 7) is 4.85. The molecular formula is C16H17ClFN. The minimum atomic E-state index is -0.379. The lowest BCUT2D eigenvalue weighted by molar-refractivity contribution is 0.627. The normalized spacial score (nSPS) is 10.5. The molecule has 0 bridgehead atoms. The van der Waals surface area contributed by atoms with E-state index in [1.807, 2.05) is 0 Å². The standard InChI is InChI=1S/C16H17ClFN/c1-3-13-6-4-5-11(2)16(13)19-10-12-7-8-15(18)14(17)9-12/h4-9,19H,3,10H2,1-2H3. The fraction of sp³-hybridized carbons (Fsp3) is 0.250. The van der Waals surface area contributed by atoms with Gasteiger partial charge in [-0.3, -0.25) is 0 Å². The van der Waals surface area contributed by atoms with Gasteiger partial charge in [0.2, 0.25) is 0 Å². The van der Waals surface area contributed by atoms with E-state index in [1.54, 1.807) is 12.1 Å². The molecule has 2 rings (SSSR count). The van der Waals surface area contributed by atoms with Crippen LogP contribution in [0, 0.1) is 12.7 Å². The molecule has 0 radical (unpaired) electrons. The Morgan fingerprint density at radius 2 is 2.00 bits per heavy atom. The van der Waals surface area contributed by atoms with Gasteiger partial charge in [-0.1, -0.05) is 42.8 Å². The highest BCUT2D eigenvalue weighted by molar-refractivity contribution is 6.30. The summed E-state index contributed by atoms with van der Waals surface area (Å²) in [7, 11) is 0. The van der Waals surface area contributed by atoms with Crippen LogP contribution in [-0.4, -0.2) is 0 Å². The van der Waals surface area contributed by atoms with Gasteiger partial charge < -0.3 is 5.32 Å². The lowest BCUT2D eigenvalue weighted by Crippen LogP contribution is -2.04. The van der Waals surface area contributed by atoms with Gasteiger partial charge in [-0.15, -0.1) is 0 Å². The van der Waals surface area contributed by atoms with Crippen molar-refractivity contribution in [3.05, 3.63) is 63.9 Å². The number of nitrogens with one attached hydrogen (secondary N) is 1. The Kier molecular flexibility index (Phi) is 4.43. The van der Waals surface area contributed by atoms with Gasteiger partial charge in [0.25, 0.3) is 0 Å². The SMILES string of the molecule is CCc1cccc(C)c1NCc1ccc(F)c(Cl)c1. The van der Waals surface area contributed by atoms with Gasteiger partial charge in [0, 0.05) is 12.2 Å². The first-order valence-corrected chi connectivity index (χ1v) is 6.76. The lowest BCUT2D eigenvalue weighted by atomic mass is 10.1. The first-order valence-electron chi connectivity index (χ1n) is 6.38. The number of anilines is 1. The summed E-state index contributed by atoms with van der Waals surface area (Å²) >= 11 is 5.78. The Labute approximate surface area is 118 Å². The smallest absolute Gasteiger partial charge is 0.141 e. The Balaban J connectivity index is 2.16. The van der Waals surface area contributed by atoms with Gasteiger partial charge in [0.15, 0.2) is 0 Å². The molecule has 0 unspecified atom stereocenters. The van der Waals surface area contributed by atoms with Crippen LogP contribution in [0.25, 0.3) is 0 Å². The van der Waals surface area contributed by atoms with E-state index in [-0.39, 0.29) is 10.8 Å². The predicted molar refractivity (Wildman–Crippen MR) is 79.3 cm³/mol. The Morgan fingerprint density at radius 3 is 2.68 bits per heavy atom. The number of benzene rings is 2. The Bertz CT molecular complexity index is 581. The van der Waals surface area contributed by atoms with Gasteiger partial charge in [0.1, 0.15) is 5.82 Å². The summed E-state index contributed by atoms with van der Waals surface area (Å²) in [5.74, 6) is -0.379. The monoisotopic (exact) mass is 277 g/mol. The molecule has 0 aromatic heterocycles. The van der Waals surface area contributed by atoms with E-state index in [9.17, 15) is 4.39 Å². The third kappa shape index (κ3) is 3.27. The summed E-state index contributed by atoms with van der Waals surface area (Å²) in [5, 5.41) is 3.58. The quantitative estimate of drug-likeness (QED) is 0.833. The van der Waals surface area contributed by atoms with Crippen LogP contribution in [0.3, 0.4) is 0 Å². The van der Waals surface area contributed by atoms with Crippen LogP contribution in [0.15, 0.2) is 36.4 Å². The fourth-order valence-electron chi connectivity index (χ4n) is 2.12. The molecule has 0 fully saturated rings. The van der Waals surface area contributed by atoms with Gasteiger partial charge in [-0.2, -0.15) is 0 Å². The van der Waals surface area contributed by atoms with Crippen molar-refractivity contribution in [1.29, 1.82) is 0 Å². The second-order valence-electron chi connectivity index (χ2n) is 4.56. The zero-order chi connectivity index (χ0) is 13.8. The summed E-state index contributed by atoms with van der Waals surface area (Å²) in [4.78, 5) is 0. The minimum Gasteiger partial charge on any atom is -0.381 e. The highest BCUT2D eigenvalue weighted by Crippen LogP contribution is 2.23. The average Bonchev–Trinajstić information content (AvgIpc) is 2.41. The average molecular weight is 278 g/mol. The number of para-hydroxylation sites is 1. The maximum absolute atomic E-state index is 13.1. The van der Waals surface area contributed by atoms with Crippen molar-refractivity contribution < 1.29 is 4.39 Å². The van der Waals surface area contributed by atoms with Gasteiger partial charge >= 0.3 is 0 Å². The van der Waals surface area contributed by atoms with E-state index < -0.39 is 0 Å². The van der Waals surface area contributed by atoms with Gasteiger partial charge in [-0.25, -0.2) is 4.39 Å². The lowest BCUT2D eigenvalue weighted by Gasteiger charge is -2.14. The van der Waals surface area contributed by atoms with Gasteiger partial charge in [0.05, 0.1) is 5.02 Å². The van der Waals surface area contributed by atoms with Crippen LogP contribution in [0.4, 0.5) is 10.1 Å². The van der Waals surface area contributed by atoms with Crippen molar-refractivity contribution >= 4 is 17.3 Å².